The number of benzene rings is 3. The van der Waals surface area contributed by atoms with E-state index in [0.717, 1.165) is 9.87 Å². The first kappa shape index (κ1) is 27.9. The molecule has 0 aliphatic carbocycles. The van der Waals surface area contributed by atoms with E-state index in [2.05, 4.69) is 10.3 Å². The predicted molar refractivity (Wildman–Crippen MR) is 152 cm³/mol. The highest BCUT2D eigenvalue weighted by Gasteiger charge is 2.44. The summed E-state index contributed by atoms with van der Waals surface area (Å²) >= 11 is 0. The number of hydrogen-bond acceptors (Lipinski definition) is 6. The van der Waals surface area contributed by atoms with Crippen LogP contribution in [-0.4, -0.2) is 68.6 Å². The first-order valence-corrected chi connectivity index (χ1v) is 15.8. The van der Waals surface area contributed by atoms with Crippen LogP contribution in [0.2, 0.25) is 0 Å². The Morgan fingerprint density at radius 1 is 0.875 bits per heavy atom. The largest absolute Gasteiger partial charge is 0.354 e. The van der Waals surface area contributed by atoms with Crippen LogP contribution in [0.15, 0.2) is 107 Å². The van der Waals surface area contributed by atoms with Crippen molar-refractivity contribution in [3.63, 3.8) is 0 Å². The Morgan fingerprint density at radius 3 is 2.27 bits per heavy atom. The molecular formula is C29H30N4O5S2. The van der Waals surface area contributed by atoms with Crippen molar-refractivity contribution in [1.29, 1.82) is 0 Å². The summed E-state index contributed by atoms with van der Waals surface area (Å²) in [5, 5.41) is 3.52. The molecule has 0 radical (unpaired) electrons. The number of rotatable bonds is 8. The smallest absolute Gasteiger partial charge is 0.246 e. The zero-order chi connectivity index (χ0) is 28.3. The zero-order valence-electron chi connectivity index (χ0n) is 21.9. The average Bonchev–Trinajstić information content (AvgIpc) is 2.99. The Labute approximate surface area is 234 Å². The number of carbonyl (C=O) groups excluding carboxylic acids is 1. The highest BCUT2D eigenvalue weighted by Crippen LogP contribution is 2.29. The Morgan fingerprint density at radius 2 is 1.55 bits per heavy atom. The van der Waals surface area contributed by atoms with Gasteiger partial charge in [0.2, 0.25) is 26.0 Å². The highest BCUT2D eigenvalue weighted by molar-refractivity contribution is 7.89. The van der Waals surface area contributed by atoms with E-state index in [1.165, 1.54) is 28.7 Å². The molecule has 4 aromatic rings. The van der Waals surface area contributed by atoms with E-state index in [9.17, 15) is 21.6 Å². The summed E-state index contributed by atoms with van der Waals surface area (Å²) < 4.78 is 57.2. The SMILES string of the molecule is CC(CNC(=O)C1CN(S(=O)(=O)c2ccccc2)CCN1S(=O)(=O)c1cccc2cccnc12)c1ccccc1. The van der Waals surface area contributed by atoms with E-state index in [0.29, 0.717) is 10.9 Å². The Balaban J connectivity index is 1.47. The maximum Gasteiger partial charge on any atom is 0.246 e. The lowest BCUT2D eigenvalue weighted by Gasteiger charge is -2.39. The number of sulfonamides is 2. The highest BCUT2D eigenvalue weighted by atomic mass is 32.2. The van der Waals surface area contributed by atoms with Gasteiger partial charge in [-0.25, -0.2) is 16.8 Å². The topological polar surface area (TPSA) is 117 Å². The number of carbonyl (C=O) groups is 1. The number of para-hydroxylation sites is 1. The Kier molecular flexibility index (Phi) is 7.99. The third-order valence-corrected chi connectivity index (χ3v) is 10.9. The van der Waals surface area contributed by atoms with Gasteiger partial charge in [-0.05, 0) is 35.7 Å². The summed E-state index contributed by atoms with van der Waals surface area (Å²) in [6, 6.07) is 24.6. The maximum atomic E-state index is 14.0. The molecule has 208 valence electrons. The molecule has 1 amide bonds. The second-order valence-corrected chi connectivity index (χ2v) is 13.5. The number of amides is 1. The molecule has 3 aromatic carbocycles. The van der Waals surface area contributed by atoms with Gasteiger partial charge in [-0.1, -0.05) is 73.7 Å². The average molecular weight is 579 g/mol. The molecule has 1 saturated heterocycles. The fraction of sp³-hybridized carbons (Fsp3) is 0.241. The molecule has 2 atom stereocenters. The number of hydrogen-bond donors (Lipinski definition) is 1. The molecule has 1 N–H and O–H groups in total. The summed E-state index contributed by atoms with van der Waals surface area (Å²) in [5.41, 5.74) is 1.31. The fourth-order valence-electron chi connectivity index (χ4n) is 4.88. The van der Waals surface area contributed by atoms with Crippen LogP contribution in [0.1, 0.15) is 18.4 Å². The van der Waals surface area contributed by atoms with Crippen molar-refractivity contribution in [1.82, 2.24) is 18.9 Å². The summed E-state index contributed by atoms with van der Waals surface area (Å²) in [6.07, 6.45) is 1.51. The van der Waals surface area contributed by atoms with E-state index >= 15 is 0 Å². The van der Waals surface area contributed by atoms with Crippen LogP contribution in [0, 0.1) is 0 Å². The van der Waals surface area contributed by atoms with Crippen LogP contribution in [0.5, 0.6) is 0 Å². The molecule has 1 fully saturated rings. The van der Waals surface area contributed by atoms with Crippen molar-refractivity contribution in [2.45, 2.75) is 28.7 Å². The molecule has 0 bridgehead atoms. The van der Waals surface area contributed by atoms with Crippen molar-refractivity contribution in [2.75, 3.05) is 26.2 Å². The quantitative estimate of drug-likeness (QED) is 0.343. The first-order chi connectivity index (χ1) is 19.2. The summed E-state index contributed by atoms with van der Waals surface area (Å²) in [5.74, 6) is -0.599. The van der Waals surface area contributed by atoms with Gasteiger partial charge in [-0.15, -0.1) is 0 Å². The number of piperazine rings is 1. The summed E-state index contributed by atoms with van der Waals surface area (Å²) in [6.45, 7) is 1.61. The monoisotopic (exact) mass is 578 g/mol. The maximum absolute atomic E-state index is 14.0. The molecule has 2 unspecified atom stereocenters. The molecule has 1 aliphatic rings. The van der Waals surface area contributed by atoms with Crippen LogP contribution in [-0.2, 0) is 24.8 Å². The van der Waals surface area contributed by atoms with Gasteiger partial charge in [-0.3, -0.25) is 9.78 Å². The van der Waals surface area contributed by atoms with Gasteiger partial charge < -0.3 is 5.32 Å². The summed E-state index contributed by atoms with van der Waals surface area (Å²) in [7, 11) is -8.17. The molecule has 0 saturated carbocycles. The van der Waals surface area contributed by atoms with Gasteiger partial charge >= 0.3 is 0 Å². The lowest BCUT2D eigenvalue weighted by Crippen LogP contribution is -2.61. The van der Waals surface area contributed by atoms with Crippen molar-refractivity contribution in [2.24, 2.45) is 0 Å². The summed E-state index contributed by atoms with van der Waals surface area (Å²) in [4.78, 5) is 18.0. The van der Waals surface area contributed by atoms with Gasteiger partial charge in [0.15, 0.2) is 0 Å². The Bertz CT molecular complexity index is 1710. The molecule has 11 heteroatoms. The third-order valence-electron chi connectivity index (χ3n) is 7.11. The number of nitrogens with zero attached hydrogens (tertiary/aromatic N) is 3. The molecule has 40 heavy (non-hydrogen) atoms. The van der Waals surface area contributed by atoms with E-state index < -0.39 is 32.0 Å². The minimum absolute atomic E-state index is 0.0274. The predicted octanol–water partition coefficient (Wildman–Crippen LogP) is 3.22. The van der Waals surface area contributed by atoms with Crippen LogP contribution in [0.3, 0.4) is 0 Å². The standard InChI is InChI=1S/C29H30N4O5S2/c1-22(23-10-4-2-5-11-23)20-31-29(34)26-21-32(39(35,36)25-14-6-3-7-15-25)18-19-33(26)40(37,38)27-16-8-12-24-13-9-17-30-28(24)27/h2-17,22,26H,18-21H2,1H3,(H,31,34). The van der Waals surface area contributed by atoms with Crippen LogP contribution < -0.4 is 5.32 Å². The van der Waals surface area contributed by atoms with Gasteiger partial charge in [0.05, 0.1) is 10.4 Å². The van der Waals surface area contributed by atoms with Crippen molar-refractivity contribution in [3.05, 3.63) is 103 Å². The third kappa shape index (κ3) is 5.50. The van der Waals surface area contributed by atoms with E-state index in [1.54, 1.807) is 42.5 Å². The second-order valence-electron chi connectivity index (χ2n) is 9.70. The molecular weight excluding hydrogens is 548 g/mol. The van der Waals surface area contributed by atoms with Gasteiger partial charge in [-0.2, -0.15) is 8.61 Å². The number of fused-ring (bicyclic) bond motifs is 1. The minimum Gasteiger partial charge on any atom is -0.354 e. The molecule has 2 heterocycles. The van der Waals surface area contributed by atoms with Crippen molar-refractivity contribution in [3.8, 4) is 0 Å². The van der Waals surface area contributed by atoms with Crippen LogP contribution in [0.4, 0.5) is 0 Å². The number of nitrogens with one attached hydrogen (secondary N) is 1. The van der Waals surface area contributed by atoms with Crippen LogP contribution >= 0.6 is 0 Å². The lowest BCUT2D eigenvalue weighted by molar-refractivity contribution is -0.125. The van der Waals surface area contributed by atoms with Crippen molar-refractivity contribution < 1.29 is 21.6 Å². The lowest BCUT2D eigenvalue weighted by atomic mass is 10.0. The van der Waals surface area contributed by atoms with Crippen molar-refractivity contribution >= 4 is 36.9 Å². The zero-order valence-corrected chi connectivity index (χ0v) is 23.6. The fourth-order valence-corrected chi connectivity index (χ4v) is 8.08. The first-order valence-electron chi connectivity index (χ1n) is 12.9. The second kappa shape index (κ2) is 11.5. The van der Waals surface area contributed by atoms with E-state index in [-0.39, 0.29) is 41.9 Å². The Hall–Kier alpha value is -3.64. The van der Waals surface area contributed by atoms with Gasteiger partial charge in [0, 0.05) is 37.8 Å². The van der Waals surface area contributed by atoms with Gasteiger partial charge in [0.1, 0.15) is 10.9 Å². The molecule has 1 aliphatic heterocycles. The minimum atomic E-state index is -4.22. The molecule has 0 spiro atoms. The number of aromatic nitrogens is 1. The molecule has 9 nitrogen and oxygen atoms in total. The normalized spacial score (nSPS) is 17.9. The molecule has 1 aromatic heterocycles. The number of pyridine rings is 1. The van der Waals surface area contributed by atoms with E-state index in [4.69, 9.17) is 0 Å². The van der Waals surface area contributed by atoms with E-state index in [1.807, 2.05) is 37.3 Å². The molecule has 5 rings (SSSR count). The van der Waals surface area contributed by atoms with Crippen LogP contribution in [0.25, 0.3) is 10.9 Å². The van der Waals surface area contributed by atoms with Gasteiger partial charge in [0.25, 0.3) is 0 Å².